The van der Waals surface area contributed by atoms with Gasteiger partial charge < -0.3 is 14.8 Å². The number of nitrogens with zero attached hydrogens (tertiary/aromatic N) is 3. The summed E-state index contributed by atoms with van der Waals surface area (Å²) in [4.78, 5) is 6.88. The predicted octanol–water partition coefficient (Wildman–Crippen LogP) is 2.04. The quantitative estimate of drug-likeness (QED) is 0.839. The minimum absolute atomic E-state index is 0.513. The number of aromatic nitrogens is 2. The number of piperidine rings is 1. The standard InChI is InChI=1S/C14H26N4/c1-3-15-9-14-10-16-12-18(14)13(2)11-17-7-5-4-6-8-17/h10,12-13,15H,3-9,11H2,1-2H3. The second-order valence-electron chi connectivity index (χ2n) is 5.28. The highest BCUT2D eigenvalue weighted by Gasteiger charge is 2.15. The van der Waals surface area contributed by atoms with Gasteiger partial charge in [-0.25, -0.2) is 4.98 Å². The Hall–Kier alpha value is -0.870. The summed E-state index contributed by atoms with van der Waals surface area (Å²) < 4.78 is 2.32. The molecule has 0 aromatic carbocycles. The Morgan fingerprint density at radius 2 is 2.11 bits per heavy atom. The molecule has 102 valence electrons. The molecule has 1 unspecified atom stereocenters. The van der Waals surface area contributed by atoms with Gasteiger partial charge in [-0.05, 0) is 39.4 Å². The van der Waals surface area contributed by atoms with E-state index in [0.717, 1.165) is 19.6 Å². The second kappa shape index (κ2) is 6.90. The van der Waals surface area contributed by atoms with E-state index in [1.807, 2.05) is 12.5 Å². The normalized spacial score (nSPS) is 19.0. The van der Waals surface area contributed by atoms with Crippen molar-refractivity contribution in [2.75, 3.05) is 26.2 Å². The van der Waals surface area contributed by atoms with Crippen molar-refractivity contribution in [3.8, 4) is 0 Å². The van der Waals surface area contributed by atoms with Gasteiger partial charge in [-0.1, -0.05) is 13.3 Å². The molecular weight excluding hydrogens is 224 g/mol. The fraction of sp³-hybridized carbons (Fsp3) is 0.786. The van der Waals surface area contributed by atoms with Crippen molar-refractivity contribution >= 4 is 0 Å². The van der Waals surface area contributed by atoms with Crippen LogP contribution in [0.15, 0.2) is 12.5 Å². The van der Waals surface area contributed by atoms with Crippen molar-refractivity contribution in [3.63, 3.8) is 0 Å². The maximum absolute atomic E-state index is 4.29. The third kappa shape index (κ3) is 3.56. The molecule has 1 fully saturated rings. The predicted molar refractivity (Wildman–Crippen MR) is 74.6 cm³/mol. The van der Waals surface area contributed by atoms with Gasteiger partial charge in [0.2, 0.25) is 0 Å². The molecule has 1 aliphatic rings. The van der Waals surface area contributed by atoms with Crippen LogP contribution in [0.1, 0.15) is 44.8 Å². The van der Waals surface area contributed by atoms with Crippen molar-refractivity contribution in [2.45, 2.75) is 45.7 Å². The average Bonchev–Trinajstić information content (AvgIpc) is 2.86. The van der Waals surface area contributed by atoms with E-state index in [1.165, 1.54) is 38.0 Å². The maximum Gasteiger partial charge on any atom is 0.0951 e. The molecule has 2 rings (SSSR count). The van der Waals surface area contributed by atoms with Crippen molar-refractivity contribution in [1.29, 1.82) is 0 Å². The SMILES string of the molecule is CCNCc1cncn1C(C)CN1CCCCC1. The van der Waals surface area contributed by atoms with Crippen molar-refractivity contribution in [1.82, 2.24) is 19.8 Å². The van der Waals surface area contributed by atoms with Gasteiger partial charge in [0.1, 0.15) is 0 Å². The van der Waals surface area contributed by atoms with Crippen LogP contribution >= 0.6 is 0 Å². The van der Waals surface area contributed by atoms with E-state index >= 15 is 0 Å². The minimum atomic E-state index is 0.513. The average molecular weight is 250 g/mol. The van der Waals surface area contributed by atoms with Crippen LogP contribution in [0.25, 0.3) is 0 Å². The zero-order chi connectivity index (χ0) is 12.8. The summed E-state index contributed by atoms with van der Waals surface area (Å²) in [6.07, 6.45) is 8.08. The Morgan fingerprint density at radius 1 is 1.33 bits per heavy atom. The number of nitrogens with one attached hydrogen (secondary N) is 1. The van der Waals surface area contributed by atoms with E-state index in [1.54, 1.807) is 0 Å². The molecule has 1 atom stereocenters. The summed E-state index contributed by atoms with van der Waals surface area (Å²) in [5.41, 5.74) is 1.29. The van der Waals surface area contributed by atoms with E-state index < -0.39 is 0 Å². The zero-order valence-corrected chi connectivity index (χ0v) is 11.7. The second-order valence-corrected chi connectivity index (χ2v) is 5.28. The third-order valence-electron chi connectivity index (χ3n) is 3.75. The first kappa shape index (κ1) is 13.6. The van der Waals surface area contributed by atoms with Crippen molar-refractivity contribution in [2.24, 2.45) is 0 Å². The highest BCUT2D eigenvalue weighted by Crippen LogP contribution is 2.15. The molecule has 1 aromatic heterocycles. The molecule has 0 saturated carbocycles. The van der Waals surface area contributed by atoms with Gasteiger partial charge in [0.25, 0.3) is 0 Å². The summed E-state index contributed by atoms with van der Waals surface area (Å²) in [6, 6.07) is 0.513. The van der Waals surface area contributed by atoms with Crippen LogP contribution < -0.4 is 5.32 Å². The molecule has 2 heterocycles. The molecule has 0 spiro atoms. The van der Waals surface area contributed by atoms with Crippen LogP contribution in [-0.4, -0.2) is 40.6 Å². The molecule has 0 aliphatic carbocycles. The lowest BCUT2D eigenvalue weighted by Gasteiger charge is -2.30. The fourth-order valence-electron chi connectivity index (χ4n) is 2.72. The molecule has 0 bridgehead atoms. The van der Waals surface area contributed by atoms with Gasteiger partial charge >= 0.3 is 0 Å². The number of imidazole rings is 1. The Bertz CT molecular complexity index is 341. The molecule has 1 aromatic rings. The molecule has 1 saturated heterocycles. The molecule has 0 radical (unpaired) electrons. The van der Waals surface area contributed by atoms with E-state index in [4.69, 9.17) is 0 Å². The van der Waals surface area contributed by atoms with E-state index in [9.17, 15) is 0 Å². The first-order chi connectivity index (χ1) is 8.81. The first-order valence-electron chi connectivity index (χ1n) is 7.25. The molecule has 4 nitrogen and oxygen atoms in total. The van der Waals surface area contributed by atoms with Crippen LogP contribution in [0.5, 0.6) is 0 Å². The van der Waals surface area contributed by atoms with Gasteiger partial charge in [0, 0.05) is 25.3 Å². The lowest BCUT2D eigenvalue weighted by atomic mass is 10.1. The number of likely N-dealkylation sites (tertiary alicyclic amines) is 1. The maximum atomic E-state index is 4.29. The molecule has 1 aliphatic heterocycles. The van der Waals surface area contributed by atoms with E-state index in [-0.39, 0.29) is 0 Å². The fourth-order valence-corrected chi connectivity index (χ4v) is 2.72. The Morgan fingerprint density at radius 3 is 2.83 bits per heavy atom. The van der Waals surface area contributed by atoms with Gasteiger partial charge in [-0.3, -0.25) is 0 Å². The number of hydrogen-bond acceptors (Lipinski definition) is 3. The first-order valence-corrected chi connectivity index (χ1v) is 7.25. The van der Waals surface area contributed by atoms with E-state index in [2.05, 4.69) is 33.6 Å². The third-order valence-corrected chi connectivity index (χ3v) is 3.75. The molecule has 1 N–H and O–H groups in total. The van der Waals surface area contributed by atoms with Crippen LogP contribution in [0, 0.1) is 0 Å². The van der Waals surface area contributed by atoms with E-state index in [0.29, 0.717) is 6.04 Å². The summed E-state index contributed by atoms with van der Waals surface area (Å²) >= 11 is 0. The van der Waals surface area contributed by atoms with Crippen LogP contribution in [0.3, 0.4) is 0 Å². The summed E-state index contributed by atoms with van der Waals surface area (Å²) in [7, 11) is 0. The number of hydrogen-bond donors (Lipinski definition) is 1. The van der Waals surface area contributed by atoms with Gasteiger partial charge in [0.15, 0.2) is 0 Å². The lowest BCUT2D eigenvalue weighted by Crippen LogP contribution is -2.34. The van der Waals surface area contributed by atoms with Crippen LogP contribution in [-0.2, 0) is 6.54 Å². The summed E-state index contributed by atoms with van der Waals surface area (Å²) in [5.74, 6) is 0. The zero-order valence-electron chi connectivity index (χ0n) is 11.7. The topological polar surface area (TPSA) is 33.1 Å². The summed E-state index contributed by atoms with van der Waals surface area (Å²) in [5, 5.41) is 3.38. The largest absolute Gasteiger partial charge is 0.329 e. The van der Waals surface area contributed by atoms with Crippen LogP contribution in [0.4, 0.5) is 0 Å². The molecular formula is C14H26N4. The van der Waals surface area contributed by atoms with Crippen molar-refractivity contribution < 1.29 is 0 Å². The number of rotatable bonds is 6. The highest BCUT2D eigenvalue weighted by atomic mass is 15.2. The van der Waals surface area contributed by atoms with Crippen molar-refractivity contribution in [3.05, 3.63) is 18.2 Å². The Balaban J connectivity index is 1.90. The Labute approximate surface area is 110 Å². The Kier molecular flexibility index (Phi) is 5.20. The minimum Gasteiger partial charge on any atom is -0.329 e. The lowest BCUT2D eigenvalue weighted by molar-refractivity contribution is 0.200. The molecule has 0 amide bonds. The molecule has 18 heavy (non-hydrogen) atoms. The highest BCUT2D eigenvalue weighted by molar-refractivity contribution is 5.00. The van der Waals surface area contributed by atoms with Gasteiger partial charge in [0.05, 0.1) is 12.0 Å². The smallest absolute Gasteiger partial charge is 0.0951 e. The molecule has 4 heteroatoms. The van der Waals surface area contributed by atoms with Gasteiger partial charge in [-0.15, -0.1) is 0 Å². The monoisotopic (exact) mass is 250 g/mol. The van der Waals surface area contributed by atoms with Gasteiger partial charge in [-0.2, -0.15) is 0 Å². The van der Waals surface area contributed by atoms with Crippen LogP contribution in [0.2, 0.25) is 0 Å². The summed E-state index contributed by atoms with van der Waals surface area (Å²) in [6.45, 7) is 10.0.